The normalized spacial score (nSPS) is 29.2. The van der Waals surface area contributed by atoms with Gasteiger partial charge in [-0.05, 0) is 97.4 Å². The Morgan fingerprint density at radius 3 is 2.41 bits per heavy atom. The molecule has 8 unspecified atom stereocenters. The quantitative estimate of drug-likeness (QED) is 0.197. The number of rotatable bonds is 10. The molecule has 0 radical (unpaired) electrons. The molecule has 2 saturated carbocycles. The molecule has 2 fully saturated rings. The molecule has 0 amide bonds. The fraction of sp³-hybridized carbons (Fsp3) is 0.486. The molecule has 3 aliphatic rings. The molecule has 0 heterocycles. The second kappa shape index (κ2) is 11.5. The van der Waals surface area contributed by atoms with E-state index in [1.165, 1.54) is 27.8 Å². The van der Waals surface area contributed by atoms with E-state index in [0.29, 0.717) is 17.8 Å². The fourth-order valence-electron chi connectivity index (χ4n) is 7.81. The van der Waals surface area contributed by atoms with Crippen molar-refractivity contribution in [2.75, 3.05) is 0 Å². The van der Waals surface area contributed by atoms with Crippen LogP contribution in [0.1, 0.15) is 85.6 Å². The van der Waals surface area contributed by atoms with Gasteiger partial charge in [0.15, 0.2) is 12.6 Å². The number of aliphatic hydroxyl groups is 2. The lowest BCUT2D eigenvalue weighted by Crippen LogP contribution is -2.45. The predicted octanol–water partition coefficient (Wildman–Crippen LogP) is 7.05. The van der Waals surface area contributed by atoms with Gasteiger partial charge < -0.3 is 19.7 Å². The Balaban J connectivity index is 1.53. The number of hydrogen-bond acceptors (Lipinski definition) is 4. The number of hydrogen-bond donors (Lipinski definition) is 2. The van der Waals surface area contributed by atoms with Crippen molar-refractivity contribution in [3.63, 3.8) is 0 Å². The van der Waals surface area contributed by atoms with Crippen molar-refractivity contribution in [3.05, 3.63) is 106 Å². The Kier molecular flexibility index (Phi) is 8.30. The van der Waals surface area contributed by atoms with Gasteiger partial charge in [0.05, 0.1) is 12.2 Å². The molecule has 0 aromatic heterocycles. The van der Waals surface area contributed by atoms with E-state index in [9.17, 15) is 10.2 Å². The molecule has 0 spiro atoms. The van der Waals surface area contributed by atoms with Crippen LogP contribution in [0.3, 0.4) is 0 Å². The van der Waals surface area contributed by atoms with E-state index in [-0.39, 0.29) is 24.0 Å². The lowest BCUT2D eigenvalue weighted by molar-refractivity contribution is -0.225. The van der Waals surface area contributed by atoms with Crippen LogP contribution in [-0.4, -0.2) is 28.7 Å². The molecule has 5 rings (SSSR count). The molecule has 2 N–H and O–H groups in total. The van der Waals surface area contributed by atoms with Crippen molar-refractivity contribution < 1.29 is 19.7 Å². The minimum absolute atomic E-state index is 0.213. The molecule has 2 aromatic rings. The van der Waals surface area contributed by atoms with Gasteiger partial charge in [0.1, 0.15) is 0 Å². The lowest BCUT2D eigenvalue weighted by Gasteiger charge is -2.40. The standard InChI is InChI=1S/C35H44O4/c1-7-13-22(9-3)34(36)38-32-28-19-29(33(32)39-35(37)23-15-11-10-12-16-23)31-27(28)18-26-25(20(4)5)17-24(14-8-2)21(6)30(26)31/h7-13,15-17,20,27-29,31-37H,2,14,18-19H2,1,3-6H3/b13-7-,22-9+. The van der Waals surface area contributed by atoms with E-state index in [0.717, 1.165) is 30.4 Å². The van der Waals surface area contributed by atoms with E-state index in [2.05, 4.69) is 33.4 Å². The van der Waals surface area contributed by atoms with E-state index >= 15 is 0 Å². The molecule has 2 aromatic carbocycles. The van der Waals surface area contributed by atoms with Gasteiger partial charge in [0, 0.05) is 11.1 Å². The van der Waals surface area contributed by atoms with Crippen molar-refractivity contribution in [1.82, 2.24) is 0 Å². The van der Waals surface area contributed by atoms with E-state index in [4.69, 9.17) is 9.47 Å². The van der Waals surface area contributed by atoms with Crippen LogP contribution in [0.15, 0.2) is 72.9 Å². The summed E-state index contributed by atoms with van der Waals surface area (Å²) in [5, 5.41) is 22.2. The van der Waals surface area contributed by atoms with Crippen molar-refractivity contribution in [3.8, 4) is 0 Å². The van der Waals surface area contributed by atoms with Gasteiger partial charge in [0.25, 0.3) is 0 Å². The Hall–Kier alpha value is -2.50. The summed E-state index contributed by atoms with van der Waals surface area (Å²) in [7, 11) is 0. The molecular formula is C35H44O4. The second-order valence-electron chi connectivity index (χ2n) is 11.9. The fourth-order valence-corrected chi connectivity index (χ4v) is 7.81. The van der Waals surface area contributed by atoms with E-state index in [1.807, 2.05) is 68.5 Å². The molecular weight excluding hydrogens is 484 g/mol. The first-order valence-electron chi connectivity index (χ1n) is 14.6. The molecule has 2 bridgehead atoms. The second-order valence-corrected chi connectivity index (χ2v) is 11.9. The Morgan fingerprint density at radius 2 is 1.77 bits per heavy atom. The van der Waals surface area contributed by atoms with Gasteiger partial charge in [-0.25, -0.2) is 0 Å². The molecule has 4 heteroatoms. The SMILES string of the molecule is C=CCc1cc(C(C)C)c2c(c1C)C1C(C2)C2CC1C(OC(O)c1ccccc1)C2OC(O)C(/C=C\C)=C/C. The van der Waals surface area contributed by atoms with E-state index in [1.54, 1.807) is 0 Å². The summed E-state index contributed by atoms with van der Waals surface area (Å²) in [6.45, 7) is 14.7. The van der Waals surface area contributed by atoms with Crippen molar-refractivity contribution in [2.24, 2.45) is 17.8 Å². The van der Waals surface area contributed by atoms with Crippen LogP contribution < -0.4 is 0 Å². The number of benzene rings is 2. The maximum absolute atomic E-state index is 11.1. The molecule has 0 aliphatic heterocycles. The summed E-state index contributed by atoms with van der Waals surface area (Å²) in [4.78, 5) is 0. The van der Waals surface area contributed by atoms with Crippen LogP contribution in [0, 0.1) is 24.7 Å². The van der Waals surface area contributed by atoms with Gasteiger partial charge in [-0.1, -0.05) is 74.5 Å². The summed E-state index contributed by atoms with van der Waals surface area (Å²) in [5.41, 5.74) is 8.68. The minimum Gasteiger partial charge on any atom is -0.364 e. The maximum atomic E-state index is 11.1. The maximum Gasteiger partial charge on any atom is 0.181 e. The number of allylic oxidation sites excluding steroid dienone is 3. The zero-order chi connectivity index (χ0) is 27.8. The smallest absolute Gasteiger partial charge is 0.181 e. The highest BCUT2D eigenvalue weighted by atomic mass is 16.7. The molecule has 208 valence electrons. The van der Waals surface area contributed by atoms with Crippen LogP contribution in [0.5, 0.6) is 0 Å². The third-order valence-corrected chi connectivity index (χ3v) is 9.47. The minimum atomic E-state index is -1.05. The number of aliphatic hydroxyl groups excluding tert-OH is 2. The first kappa shape index (κ1) is 28.0. The monoisotopic (exact) mass is 528 g/mol. The van der Waals surface area contributed by atoms with Crippen LogP contribution in [-0.2, 0) is 22.3 Å². The van der Waals surface area contributed by atoms with Crippen LogP contribution in [0.4, 0.5) is 0 Å². The number of ether oxygens (including phenoxy) is 2. The number of fused-ring (bicyclic) bond motifs is 7. The van der Waals surface area contributed by atoms with Crippen molar-refractivity contribution in [2.45, 2.75) is 90.5 Å². The van der Waals surface area contributed by atoms with Gasteiger partial charge >= 0.3 is 0 Å². The summed E-state index contributed by atoms with van der Waals surface area (Å²) < 4.78 is 13.0. The molecule has 4 nitrogen and oxygen atoms in total. The first-order chi connectivity index (χ1) is 18.8. The molecule has 39 heavy (non-hydrogen) atoms. The predicted molar refractivity (Wildman–Crippen MR) is 156 cm³/mol. The summed E-state index contributed by atoms with van der Waals surface area (Å²) >= 11 is 0. The lowest BCUT2D eigenvalue weighted by atomic mass is 9.75. The van der Waals surface area contributed by atoms with E-state index < -0.39 is 12.6 Å². The Morgan fingerprint density at radius 1 is 1.05 bits per heavy atom. The molecule has 3 aliphatic carbocycles. The van der Waals surface area contributed by atoms with Crippen LogP contribution >= 0.6 is 0 Å². The zero-order valence-corrected chi connectivity index (χ0v) is 24.0. The van der Waals surface area contributed by atoms with Gasteiger partial charge in [-0.2, -0.15) is 0 Å². The highest BCUT2D eigenvalue weighted by molar-refractivity contribution is 5.54. The third-order valence-electron chi connectivity index (χ3n) is 9.47. The molecule has 0 saturated heterocycles. The van der Waals surface area contributed by atoms with Crippen LogP contribution in [0.25, 0.3) is 0 Å². The Bertz CT molecular complexity index is 1240. The van der Waals surface area contributed by atoms with Crippen LogP contribution in [0.2, 0.25) is 0 Å². The first-order valence-corrected chi connectivity index (χ1v) is 14.6. The summed E-state index contributed by atoms with van der Waals surface area (Å²) in [6.07, 6.45) is 7.88. The van der Waals surface area contributed by atoms with Crippen molar-refractivity contribution >= 4 is 0 Å². The average Bonchev–Trinajstić information content (AvgIpc) is 3.59. The average molecular weight is 529 g/mol. The topological polar surface area (TPSA) is 58.9 Å². The van der Waals surface area contributed by atoms with Gasteiger partial charge in [0.2, 0.25) is 0 Å². The van der Waals surface area contributed by atoms with Crippen molar-refractivity contribution in [1.29, 1.82) is 0 Å². The zero-order valence-electron chi connectivity index (χ0n) is 24.0. The largest absolute Gasteiger partial charge is 0.364 e. The highest BCUT2D eigenvalue weighted by Gasteiger charge is 2.63. The third kappa shape index (κ3) is 4.97. The Labute approximate surface area is 234 Å². The van der Waals surface area contributed by atoms with Gasteiger partial charge in [-0.15, -0.1) is 6.58 Å². The summed E-state index contributed by atoms with van der Waals surface area (Å²) in [5.74, 6) is 1.72. The highest BCUT2D eigenvalue weighted by Crippen LogP contribution is 2.64. The summed E-state index contributed by atoms with van der Waals surface area (Å²) in [6, 6.07) is 11.9. The van der Waals surface area contributed by atoms with Gasteiger partial charge in [-0.3, -0.25) is 0 Å². The molecule has 8 atom stereocenters.